The molecule has 1 N–H and O–H groups in total. The molecule has 4 heterocycles. The Morgan fingerprint density at radius 1 is 1.12 bits per heavy atom. The molecule has 5 rings (SSSR count). The minimum Gasteiger partial charge on any atom is -0.318 e. The van der Waals surface area contributed by atoms with Gasteiger partial charge in [0.25, 0.3) is 5.91 Å². The Bertz CT molecular complexity index is 1400. The van der Waals surface area contributed by atoms with Crippen LogP contribution < -0.4 is 0 Å². The molecule has 0 fully saturated rings. The number of fused-ring (bicyclic) bond motifs is 1. The third kappa shape index (κ3) is 3.80. The van der Waals surface area contributed by atoms with Gasteiger partial charge in [0.15, 0.2) is 5.84 Å². The molecule has 2 aromatic heterocycles. The summed E-state index contributed by atoms with van der Waals surface area (Å²) in [4.78, 5) is 21.2. The van der Waals surface area contributed by atoms with Gasteiger partial charge in [-0.25, -0.2) is 0 Å². The van der Waals surface area contributed by atoms with Crippen LogP contribution in [0.25, 0.3) is 11.8 Å². The normalized spacial score (nSPS) is 16.9. The van der Waals surface area contributed by atoms with Crippen molar-refractivity contribution in [3.05, 3.63) is 88.5 Å². The number of aliphatic imine (C=N–C) groups is 1. The van der Waals surface area contributed by atoms with Gasteiger partial charge in [-0.05, 0) is 79.1 Å². The molecule has 0 bridgehead atoms. The maximum Gasteiger partial charge on any atom is 0.283 e. The number of carbonyl (C=O) groups is 1. The highest BCUT2D eigenvalue weighted by Crippen LogP contribution is 2.31. The number of amides is 1. The molecular formula is C26H24N6OS. The largest absolute Gasteiger partial charge is 0.318 e. The van der Waals surface area contributed by atoms with E-state index in [2.05, 4.69) is 57.8 Å². The lowest BCUT2D eigenvalue weighted by Crippen LogP contribution is -2.35. The molecule has 0 spiro atoms. The molecule has 34 heavy (non-hydrogen) atoms. The number of rotatable bonds is 4. The fourth-order valence-electron chi connectivity index (χ4n) is 4.09. The zero-order valence-corrected chi connectivity index (χ0v) is 20.2. The fraction of sp³-hybridized carbons (Fsp3) is 0.192. The van der Waals surface area contributed by atoms with E-state index in [9.17, 15) is 4.79 Å². The lowest BCUT2D eigenvalue weighted by Gasteiger charge is -2.20. The van der Waals surface area contributed by atoms with Crippen molar-refractivity contribution in [2.75, 3.05) is 0 Å². The first-order valence-electron chi connectivity index (χ1n) is 11.0. The number of amidine groups is 2. The highest BCUT2D eigenvalue weighted by Gasteiger charge is 2.36. The van der Waals surface area contributed by atoms with E-state index in [0.717, 1.165) is 28.2 Å². The predicted octanol–water partition coefficient (Wildman–Crippen LogP) is 5.28. The number of nitrogens with zero attached hydrogens (tertiary/aromatic N) is 5. The summed E-state index contributed by atoms with van der Waals surface area (Å²) < 4.78 is 2.16. The summed E-state index contributed by atoms with van der Waals surface area (Å²) >= 11 is 1.27. The van der Waals surface area contributed by atoms with E-state index >= 15 is 0 Å². The summed E-state index contributed by atoms with van der Waals surface area (Å²) in [5.41, 5.74) is 6.32. The minimum atomic E-state index is -0.433. The molecule has 8 heteroatoms. The van der Waals surface area contributed by atoms with Crippen LogP contribution in [-0.2, 0) is 4.79 Å². The van der Waals surface area contributed by atoms with Crippen molar-refractivity contribution in [2.45, 2.75) is 33.6 Å². The first kappa shape index (κ1) is 22.0. The topological polar surface area (TPSA) is 86.7 Å². The van der Waals surface area contributed by atoms with Crippen molar-refractivity contribution in [2.24, 2.45) is 10.1 Å². The first-order valence-corrected chi connectivity index (χ1v) is 11.8. The summed E-state index contributed by atoms with van der Waals surface area (Å²) in [6.45, 7) is 8.42. The highest BCUT2D eigenvalue weighted by atomic mass is 32.2. The number of nitrogens with one attached hydrogen (secondary N) is 1. The van der Waals surface area contributed by atoms with Crippen molar-refractivity contribution in [1.29, 1.82) is 5.41 Å². The summed E-state index contributed by atoms with van der Waals surface area (Å²) in [6.07, 6.45) is 5.14. The van der Waals surface area contributed by atoms with Gasteiger partial charge in [0, 0.05) is 35.0 Å². The second-order valence-electron chi connectivity index (χ2n) is 8.57. The number of benzene rings is 1. The van der Waals surface area contributed by atoms with Gasteiger partial charge in [-0.15, -0.1) is 0 Å². The first-order chi connectivity index (χ1) is 16.3. The van der Waals surface area contributed by atoms with Crippen LogP contribution in [0.1, 0.15) is 47.8 Å². The molecule has 3 aromatic rings. The quantitative estimate of drug-likeness (QED) is 0.528. The molecule has 1 amide bonds. The lowest BCUT2D eigenvalue weighted by molar-refractivity contribution is -0.114. The second kappa shape index (κ2) is 8.53. The maximum atomic E-state index is 12.9. The number of hydrogen-bond acceptors (Lipinski definition) is 5. The number of carbonyl (C=O) groups excluding carboxylic acids is 1. The molecule has 170 valence electrons. The monoisotopic (exact) mass is 468 g/mol. The number of pyridine rings is 1. The van der Waals surface area contributed by atoms with Crippen LogP contribution in [0.4, 0.5) is 0 Å². The van der Waals surface area contributed by atoms with Crippen LogP contribution in [0.2, 0.25) is 0 Å². The molecule has 0 atom stereocenters. The van der Waals surface area contributed by atoms with Crippen LogP contribution in [0, 0.1) is 19.3 Å². The number of hydrazone groups is 1. The molecule has 0 saturated heterocycles. The third-order valence-corrected chi connectivity index (χ3v) is 6.91. The van der Waals surface area contributed by atoms with Crippen LogP contribution in [0.5, 0.6) is 0 Å². The Labute approximate surface area is 202 Å². The smallest absolute Gasteiger partial charge is 0.283 e. The predicted molar refractivity (Wildman–Crippen MR) is 138 cm³/mol. The number of thioether (sulfide) groups is 1. The van der Waals surface area contributed by atoms with Crippen molar-refractivity contribution in [1.82, 2.24) is 14.6 Å². The Morgan fingerprint density at radius 2 is 1.88 bits per heavy atom. The summed E-state index contributed by atoms with van der Waals surface area (Å²) in [6, 6.07) is 14.3. The zero-order chi connectivity index (χ0) is 24.0. The molecule has 0 unspecified atom stereocenters. The van der Waals surface area contributed by atoms with E-state index in [4.69, 9.17) is 5.41 Å². The van der Waals surface area contributed by atoms with Crippen LogP contribution in [0.3, 0.4) is 0 Å². The zero-order valence-electron chi connectivity index (χ0n) is 19.4. The summed E-state index contributed by atoms with van der Waals surface area (Å²) in [5, 5.41) is 15.7. The van der Waals surface area contributed by atoms with Gasteiger partial charge < -0.3 is 4.57 Å². The van der Waals surface area contributed by atoms with E-state index in [0.29, 0.717) is 16.1 Å². The highest BCUT2D eigenvalue weighted by molar-refractivity contribution is 8.27. The molecule has 2 aliphatic heterocycles. The minimum absolute atomic E-state index is 0.0208. The number of hydrogen-bond donors (Lipinski definition) is 1. The van der Waals surface area contributed by atoms with E-state index in [1.807, 2.05) is 32.0 Å². The van der Waals surface area contributed by atoms with Crippen molar-refractivity contribution < 1.29 is 4.79 Å². The van der Waals surface area contributed by atoms with E-state index in [1.165, 1.54) is 22.3 Å². The third-order valence-electron chi connectivity index (χ3n) is 5.95. The van der Waals surface area contributed by atoms with Gasteiger partial charge in [0.1, 0.15) is 5.04 Å². The van der Waals surface area contributed by atoms with Gasteiger partial charge in [0.2, 0.25) is 5.17 Å². The summed E-state index contributed by atoms with van der Waals surface area (Å²) in [5.74, 6) is 0.0602. The molecule has 0 saturated carbocycles. The van der Waals surface area contributed by atoms with Gasteiger partial charge in [-0.3, -0.25) is 15.2 Å². The number of aryl methyl sites for hydroxylation is 1. The average molecular weight is 469 g/mol. The van der Waals surface area contributed by atoms with Crippen LogP contribution in [-0.4, -0.2) is 36.5 Å². The van der Waals surface area contributed by atoms with Gasteiger partial charge in [0.05, 0.1) is 5.57 Å². The molecule has 2 aliphatic rings. The maximum absolute atomic E-state index is 12.9. The van der Waals surface area contributed by atoms with Crippen molar-refractivity contribution in [3.8, 4) is 5.69 Å². The Kier molecular flexibility index (Phi) is 5.53. The molecular weight excluding hydrogens is 444 g/mol. The SMILES string of the molecule is Cc1cc(/C=C2/C(=N)N3N=C(c4cccnc4)SC3=NC2=O)c(C)n1-c1ccc(C(C)C)cc1. The van der Waals surface area contributed by atoms with Gasteiger partial charge in [-0.1, -0.05) is 26.0 Å². The molecule has 7 nitrogen and oxygen atoms in total. The summed E-state index contributed by atoms with van der Waals surface area (Å²) in [7, 11) is 0. The van der Waals surface area contributed by atoms with E-state index < -0.39 is 5.91 Å². The Morgan fingerprint density at radius 3 is 2.56 bits per heavy atom. The van der Waals surface area contributed by atoms with Crippen molar-refractivity contribution >= 4 is 39.8 Å². The van der Waals surface area contributed by atoms with Crippen LogP contribution >= 0.6 is 11.8 Å². The standard InChI is InChI=1S/C26H24N6OS/c1-15(2)18-7-9-21(10-8-18)31-16(3)12-20(17(31)4)13-22-23(27)32-26(29-24(22)33)34-25(30-32)19-6-5-11-28-14-19/h5-15,27H,1-4H3/b22-13-,27-23?. The molecule has 0 aliphatic carbocycles. The average Bonchev–Trinajstić information content (AvgIpc) is 3.37. The van der Waals surface area contributed by atoms with Crippen LogP contribution in [0.15, 0.2) is 70.5 Å². The van der Waals surface area contributed by atoms with Gasteiger partial charge >= 0.3 is 0 Å². The lowest BCUT2D eigenvalue weighted by atomic mass is 10.0. The van der Waals surface area contributed by atoms with Crippen molar-refractivity contribution in [3.63, 3.8) is 0 Å². The second-order valence-corrected chi connectivity index (χ2v) is 9.53. The Hall–Kier alpha value is -3.78. The van der Waals surface area contributed by atoms with E-state index in [-0.39, 0.29) is 11.4 Å². The molecule has 1 aromatic carbocycles. The fourth-order valence-corrected chi connectivity index (χ4v) is 4.97. The van der Waals surface area contributed by atoms with E-state index in [1.54, 1.807) is 18.5 Å². The Balaban J connectivity index is 1.49. The van der Waals surface area contributed by atoms with Gasteiger partial charge in [-0.2, -0.15) is 15.1 Å². The molecule has 0 radical (unpaired) electrons. The number of aromatic nitrogens is 2.